The van der Waals surface area contributed by atoms with E-state index < -0.39 is 0 Å². The van der Waals surface area contributed by atoms with Gasteiger partial charge in [0.05, 0.1) is 5.69 Å². The molecule has 3 heterocycles. The van der Waals surface area contributed by atoms with E-state index in [9.17, 15) is 4.39 Å². The molecular weight excluding hydrogens is 401 g/mol. The molecule has 0 amide bonds. The van der Waals surface area contributed by atoms with E-state index >= 15 is 0 Å². The largest absolute Gasteiger partial charge is 0.329 e. The molecule has 6 nitrogen and oxygen atoms in total. The van der Waals surface area contributed by atoms with Gasteiger partial charge in [0.15, 0.2) is 0 Å². The summed E-state index contributed by atoms with van der Waals surface area (Å²) >= 11 is 3.49. The zero-order valence-corrected chi connectivity index (χ0v) is 15.7. The molecule has 0 N–H and O–H groups in total. The molecule has 0 bridgehead atoms. The second-order valence-electron chi connectivity index (χ2n) is 5.78. The Morgan fingerprint density at radius 3 is 2.65 bits per heavy atom. The molecule has 3 aromatic heterocycles. The molecule has 0 fully saturated rings. The first-order chi connectivity index (χ1) is 12.6. The first-order valence-corrected chi connectivity index (χ1v) is 8.86. The number of hydrogen-bond donors (Lipinski definition) is 0. The fraction of sp³-hybridized carbons (Fsp3) is 0.167. The molecule has 0 unspecified atom stereocenters. The van der Waals surface area contributed by atoms with E-state index in [1.165, 1.54) is 12.1 Å². The molecule has 132 valence electrons. The minimum absolute atomic E-state index is 0.307. The van der Waals surface area contributed by atoms with Gasteiger partial charge in [-0.3, -0.25) is 9.30 Å². The molecule has 0 spiro atoms. The molecule has 0 saturated heterocycles. The third kappa shape index (κ3) is 2.86. The van der Waals surface area contributed by atoms with E-state index in [1.54, 1.807) is 12.1 Å². The van der Waals surface area contributed by atoms with Crippen molar-refractivity contribution in [1.82, 2.24) is 19.5 Å². The van der Waals surface area contributed by atoms with Crippen LogP contribution in [0.2, 0.25) is 0 Å². The van der Waals surface area contributed by atoms with Crippen molar-refractivity contribution in [3.8, 4) is 11.4 Å². The topological polar surface area (TPSA) is 59.5 Å². The summed E-state index contributed by atoms with van der Waals surface area (Å²) < 4.78 is 21.5. The Kier molecular flexibility index (Phi) is 4.20. The zero-order chi connectivity index (χ0) is 18.3. The van der Waals surface area contributed by atoms with Crippen LogP contribution in [0.1, 0.15) is 12.6 Å². The molecule has 4 aromatic rings. The van der Waals surface area contributed by atoms with Gasteiger partial charge in [-0.15, -0.1) is 0 Å². The molecular formula is C18H15BrFN5O. The molecule has 0 aliphatic rings. The third-order valence-electron chi connectivity index (χ3n) is 4.08. The van der Waals surface area contributed by atoms with Crippen molar-refractivity contribution >= 4 is 33.4 Å². The zero-order valence-electron chi connectivity index (χ0n) is 14.1. The molecule has 4 rings (SSSR count). The van der Waals surface area contributed by atoms with Crippen molar-refractivity contribution in [2.24, 2.45) is 0 Å². The Morgan fingerprint density at radius 1 is 1.15 bits per heavy atom. The number of halogens is 2. The Hall–Kier alpha value is -2.74. The quantitative estimate of drug-likeness (QED) is 0.486. The Bertz CT molecular complexity index is 1070. The highest BCUT2D eigenvalue weighted by molar-refractivity contribution is 9.10. The molecule has 1 aromatic carbocycles. The maximum atomic E-state index is 13.1. The summed E-state index contributed by atoms with van der Waals surface area (Å²) in [7, 11) is 1.85. The highest BCUT2D eigenvalue weighted by Crippen LogP contribution is 2.30. The van der Waals surface area contributed by atoms with Gasteiger partial charge in [-0.2, -0.15) is 4.98 Å². The van der Waals surface area contributed by atoms with Crippen LogP contribution < -0.4 is 4.90 Å². The van der Waals surface area contributed by atoms with Crippen LogP contribution in [0.15, 0.2) is 51.6 Å². The van der Waals surface area contributed by atoms with Crippen molar-refractivity contribution in [2.45, 2.75) is 13.3 Å². The van der Waals surface area contributed by atoms with Gasteiger partial charge < -0.3 is 4.52 Å². The van der Waals surface area contributed by atoms with Crippen LogP contribution >= 0.6 is 15.9 Å². The van der Waals surface area contributed by atoms with E-state index in [0.717, 1.165) is 28.1 Å². The van der Waals surface area contributed by atoms with E-state index in [4.69, 9.17) is 4.52 Å². The summed E-state index contributed by atoms with van der Waals surface area (Å²) in [6, 6.07) is 10.2. The van der Waals surface area contributed by atoms with Crippen molar-refractivity contribution in [2.75, 3.05) is 11.9 Å². The predicted molar refractivity (Wildman–Crippen MR) is 100 cm³/mol. The van der Waals surface area contributed by atoms with Crippen LogP contribution in [0.25, 0.3) is 17.0 Å². The van der Waals surface area contributed by atoms with Crippen LogP contribution in [0.5, 0.6) is 0 Å². The summed E-state index contributed by atoms with van der Waals surface area (Å²) in [4.78, 5) is 10.9. The van der Waals surface area contributed by atoms with E-state index in [-0.39, 0.29) is 5.82 Å². The fourth-order valence-electron chi connectivity index (χ4n) is 2.81. The first-order valence-electron chi connectivity index (χ1n) is 8.06. The van der Waals surface area contributed by atoms with Gasteiger partial charge in [-0.05, 0) is 58.7 Å². The number of hydrogen-bond acceptors (Lipinski definition) is 5. The number of pyridine rings is 1. The number of aromatic nitrogens is 4. The number of anilines is 2. The molecule has 0 aliphatic heterocycles. The van der Waals surface area contributed by atoms with E-state index in [2.05, 4.69) is 31.1 Å². The lowest BCUT2D eigenvalue weighted by Gasteiger charge is -2.15. The average molecular weight is 416 g/mol. The van der Waals surface area contributed by atoms with Crippen LogP contribution in [0.4, 0.5) is 16.2 Å². The monoisotopic (exact) mass is 415 g/mol. The number of rotatable bonds is 4. The number of aryl methyl sites for hydroxylation is 1. The van der Waals surface area contributed by atoms with Crippen LogP contribution in [-0.2, 0) is 6.42 Å². The minimum atomic E-state index is -0.307. The standard InChI is InChI=1S/C18H15BrFN5O/c1-3-14-17(25-10-12(19)6-9-15(25)21-14)24(2)18-22-16(23-26-18)11-4-7-13(20)8-5-11/h4-10H,3H2,1-2H3. The number of nitrogens with zero attached hydrogens (tertiary/aromatic N) is 5. The maximum absolute atomic E-state index is 13.1. The van der Waals surface area contributed by atoms with Gasteiger partial charge in [0.2, 0.25) is 5.82 Å². The second-order valence-corrected chi connectivity index (χ2v) is 6.69. The smallest absolute Gasteiger partial charge is 0.314 e. The van der Waals surface area contributed by atoms with Gasteiger partial charge in [-0.25, -0.2) is 9.37 Å². The van der Waals surface area contributed by atoms with Crippen molar-refractivity contribution in [1.29, 1.82) is 0 Å². The lowest BCUT2D eigenvalue weighted by Crippen LogP contribution is -2.14. The maximum Gasteiger partial charge on any atom is 0.329 e. The number of imidazole rings is 1. The fourth-order valence-corrected chi connectivity index (χ4v) is 3.14. The van der Waals surface area contributed by atoms with Gasteiger partial charge in [0.25, 0.3) is 0 Å². The number of fused-ring (bicyclic) bond motifs is 1. The normalized spacial score (nSPS) is 11.2. The lowest BCUT2D eigenvalue weighted by molar-refractivity contribution is 0.425. The second kappa shape index (κ2) is 6.53. The summed E-state index contributed by atoms with van der Waals surface area (Å²) in [5.74, 6) is 0.955. The van der Waals surface area contributed by atoms with Gasteiger partial charge in [0.1, 0.15) is 17.3 Å². The Labute approximate surface area is 157 Å². The highest BCUT2D eigenvalue weighted by atomic mass is 79.9. The first kappa shape index (κ1) is 16.7. The van der Waals surface area contributed by atoms with Crippen LogP contribution in [0.3, 0.4) is 0 Å². The van der Waals surface area contributed by atoms with Crippen molar-refractivity contribution < 1.29 is 8.91 Å². The lowest BCUT2D eigenvalue weighted by atomic mass is 10.2. The number of benzene rings is 1. The molecule has 0 aliphatic carbocycles. The average Bonchev–Trinajstić information content (AvgIpc) is 3.26. The summed E-state index contributed by atoms with van der Waals surface area (Å²) in [6.45, 7) is 2.05. The van der Waals surface area contributed by atoms with Gasteiger partial charge in [0, 0.05) is 23.3 Å². The van der Waals surface area contributed by atoms with Crippen molar-refractivity contribution in [3.05, 3.63) is 58.6 Å². The van der Waals surface area contributed by atoms with E-state index in [0.29, 0.717) is 17.4 Å². The predicted octanol–water partition coefficient (Wildman–Crippen LogP) is 4.62. The summed E-state index contributed by atoms with van der Waals surface area (Å²) in [6.07, 6.45) is 2.71. The Balaban J connectivity index is 1.76. The van der Waals surface area contributed by atoms with Crippen LogP contribution in [-0.4, -0.2) is 26.6 Å². The third-order valence-corrected chi connectivity index (χ3v) is 4.55. The molecule has 0 radical (unpaired) electrons. The van der Waals surface area contributed by atoms with Gasteiger partial charge in [-0.1, -0.05) is 12.1 Å². The van der Waals surface area contributed by atoms with Crippen LogP contribution in [0, 0.1) is 5.82 Å². The molecule has 8 heteroatoms. The molecule has 26 heavy (non-hydrogen) atoms. The highest BCUT2D eigenvalue weighted by Gasteiger charge is 2.21. The summed E-state index contributed by atoms with van der Waals surface area (Å²) in [5, 5.41) is 4.01. The molecule has 0 atom stereocenters. The van der Waals surface area contributed by atoms with E-state index in [1.807, 2.05) is 41.6 Å². The summed E-state index contributed by atoms with van der Waals surface area (Å²) in [5.41, 5.74) is 2.45. The SMILES string of the molecule is CCc1nc2ccc(Br)cn2c1N(C)c1nc(-c2ccc(F)cc2)no1. The van der Waals surface area contributed by atoms with Gasteiger partial charge >= 0.3 is 6.01 Å². The molecule has 0 saturated carbocycles. The minimum Gasteiger partial charge on any atom is -0.314 e. The van der Waals surface area contributed by atoms with Crippen molar-refractivity contribution in [3.63, 3.8) is 0 Å². The Morgan fingerprint density at radius 2 is 1.92 bits per heavy atom.